The molecule has 1 aromatic heterocycles. The molecule has 2 rings (SSSR count). The fraction of sp³-hybridized carbons (Fsp3) is 0.571. The number of rotatable bonds is 7. The fourth-order valence-corrected chi connectivity index (χ4v) is 3.17. The van der Waals surface area contributed by atoms with Gasteiger partial charge in [-0.1, -0.05) is 6.07 Å². The Labute approximate surface area is 121 Å². The van der Waals surface area contributed by atoms with E-state index in [1.165, 1.54) is 11.3 Å². The minimum Gasteiger partial charge on any atom is -0.479 e. The highest BCUT2D eigenvalue weighted by molar-refractivity contribution is 7.10. The molecule has 20 heavy (non-hydrogen) atoms. The first-order chi connectivity index (χ1) is 9.60. The number of aliphatic carboxylic acids is 1. The first kappa shape index (κ1) is 15.0. The molecular weight excluding hydrogens is 278 g/mol. The molecule has 1 aliphatic rings. The van der Waals surface area contributed by atoms with Crippen molar-refractivity contribution in [1.29, 1.82) is 0 Å². The van der Waals surface area contributed by atoms with Crippen LogP contribution in [-0.4, -0.2) is 29.7 Å². The predicted molar refractivity (Wildman–Crippen MR) is 75.6 cm³/mol. The largest absolute Gasteiger partial charge is 0.479 e. The molecule has 0 saturated heterocycles. The third-order valence-corrected chi connectivity index (χ3v) is 4.39. The maximum atomic E-state index is 11.9. The standard InChI is InChI=1S/C14H19NO4S/c1-2-19-10-6-9(7-10)8-12(16)15-13(14(17)18)11-4-3-5-20-11/h3-5,9-10,13H,2,6-8H2,1H3,(H,15,16)(H,17,18). The van der Waals surface area contributed by atoms with Gasteiger partial charge < -0.3 is 15.2 Å². The molecule has 1 amide bonds. The van der Waals surface area contributed by atoms with E-state index in [1.807, 2.05) is 6.92 Å². The molecular formula is C14H19NO4S. The van der Waals surface area contributed by atoms with E-state index in [2.05, 4.69) is 5.32 Å². The molecule has 2 N–H and O–H groups in total. The summed E-state index contributed by atoms with van der Waals surface area (Å²) in [5.41, 5.74) is 0. The molecule has 0 aliphatic heterocycles. The van der Waals surface area contributed by atoms with Crippen molar-refractivity contribution in [3.8, 4) is 0 Å². The highest BCUT2D eigenvalue weighted by Crippen LogP contribution is 2.32. The Morgan fingerprint density at radius 1 is 1.55 bits per heavy atom. The normalized spacial score (nSPS) is 22.9. The van der Waals surface area contributed by atoms with Gasteiger partial charge >= 0.3 is 5.97 Å². The number of hydrogen-bond donors (Lipinski definition) is 2. The molecule has 1 unspecified atom stereocenters. The highest BCUT2D eigenvalue weighted by Gasteiger charge is 2.32. The molecule has 1 heterocycles. The molecule has 1 atom stereocenters. The van der Waals surface area contributed by atoms with Crippen LogP contribution in [0.5, 0.6) is 0 Å². The molecule has 1 saturated carbocycles. The third kappa shape index (κ3) is 3.80. The zero-order valence-electron chi connectivity index (χ0n) is 11.4. The van der Waals surface area contributed by atoms with Gasteiger partial charge in [0.2, 0.25) is 5.91 Å². The Hall–Kier alpha value is -1.40. The molecule has 1 aromatic rings. The number of ether oxygens (including phenoxy) is 1. The molecule has 5 nitrogen and oxygen atoms in total. The van der Waals surface area contributed by atoms with E-state index < -0.39 is 12.0 Å². The van der Waals surface area contributed by atoms with Gasteiger partial charge in [0, 0.05) is 17.9 Å². The summed E-state index contributed by atoms with van der Waals surface area (Å²) in [6.45, 7) is 2.65. The lowest BCUT2D eigenvalue weighted by atomic mass is 9.80. The molecule has 0 spiro atoms. The minimum atomic E-state index is -1.03. The average Bonchev–Trinajstić information content (AvgIpc) is 2.86. The fourth-order valence-electron chi connectivity index (χ4n) is 2.41. The Morgan fingerprint density at radius 3 is 2.85 bits per heavy atom. The zero-order chi connectivity index (χ0) is 14.5. The van der Waals surface area contributed by atoms with Crippen molar-refractivity contribution in [3.63, 3.8) is 0 Å². The van der Waals surface area contributed by atoms with Crippen LogP contribution in [0.15, 0.2) is 17.5 Å². The first-order valence-corrected chi connectivity index (χ1v) is 7.65. The van der Waals surface area contributed by atoms with Crippen LogP contribution in [0.3, 0.4) is 0 Å². The SMILES string of the molecule is CCOC1CC(CC(=O)NC(C(=O)O)c2cccs2)C1. The summed E-state index contributed by atoms with van der Waals surface area (Å²) in [6.07, 6.45) is 2.42. The minimum absolute atomic E-state index is 0.203. The second kappa shape index (κ2) is 6.85. The van der Waals surface area contributed by atoms with Gasteiger partial charge in [-0.15, -0.1) is 11.3 Å². The van der Waals surface area contributed by atoms with E-state index in [0.717, 1.165) is 12.8 Å². The molecule has 1 aliphatic carbocycles. The lowest BCUT2D eigenvalue weighted by molar-refractivity contribution is -0.142. The maximum absolute atomic E-state index is 11.9. The Morgan fingerprint density at radius 2 is 2.30 bits per heavy atom. The van der Waals surface area contributed by atoms with E-state index in [9.17, 15) is 14.7 Å². The van der Waals surface area contributed by atoms with E-state index in [1.54, 1.807) is 17.5 Å². The second-order valence-corrected chi connectivity index (χ2v) is 5.95. The van der Waals surface area contributed by atoms with Crippen molar-refractivity contribution in [3.05, 3.63) is 22.4 Å². The van der Waals surface area contributed by atoms with Crippen LogP contribution in [0.4, 0.5) is 0 Å². The van der Waals surface area contributed by atoms with Gasteiger partial charge in [0.25, 0.3) is 0 Å². The van der Waals surface area contributed by atoms with Crippen molar-refractivity contribution >= 4 is 23.2 Å². The zero-order valence-corrected chi connectivity index (χ0v) is 12.2. The molecule has 6 heteroatoms. The van der Waals surface area contributed by atoms with Crippen molar-refractivity contribution in [1.82, 2.24) is 5.32 Å². The van der Waals surface area contributed by atoms with Crippen molar-refractivity contribution in [2.75, 3.05) is 6.61 Å². The van der Waals surface area contributed by atoms with Crippen LogP contribution >= 0.6 is 11.3 Å². The van der Waals surface area contributed by atoms with Crippen LogP contribution in [-0.2, 0) is 14.3 Å². The van der Waals surface area contributed by atoms with Crippen molar-refractivity contribution < 1.29 is 19.4 Å². The topological polar surface area (TPSA) is 75.6 Å². The highest BCUT2D eigenvalue weighted by atomic mass is 32.1. The van der Waals surface area contributed by atoms with E-state index in [-0.39, 0.29) is 12.0 Å². The summed E-state index contributed by atoms with van der Waals surface area (Å²) in [6, 6.07) is 2.56. The third-order valence-electron chi connectivity index (χ3n) is 3.45. The van der Waals surface area contributed by atoms with Crippen LogP contribution in [0.1, 0.15) is 37.1 Å². The maximum Gasteiger partial charge on any atom is 0.331 e. The number of carboxylic acids is 1. The summed E-state index contributed by atoms with van der Waals surface area (Å²) < 4.78 is 5.44. The second-order valence-electron chi connectivity index (χ2n) is 4.97. The number of thiophene rings is 1. The van der Waals surface area contributed by atoms with Gasteiger partial charge in [0.05, 0.1) is 6.10 Å². The van der Waals surface area contributed by atoms with E-state index in [0.29, 0.717) is 23.8 Å². The first-order valence-electron chi connectivity index (χ1n) is 6.77. The van der Waals surface area contributed by atoms with Gasteiger partial charge in [-0.3, -0.25) is 4.79 Å². The van der Waals surface area contributed by atoms with Crippen LogP contribution in [0.25, 0.3) is 0 Å². The van der Waals surface area contributed by atoms with E-state index >= 15 is 0 Å². The molecule has 0 aromatic carbocycles. The summed E-state index contributed by atoms with van der Waals surface area (Å²) in [5.74, 6) is -0.920. The number of hydrogen-bond acceptors (Lipinski definition) is 4. The van der Waals surface area contributed by atoms with Gasteiger partial charge in [0.1, 0.15) is 0 Å². The van der Waals surface area contributed by atoms with Crippen LogP contribution in [0.2, 0.25) is 0 Å². The summed E-state index contributed by atoms with van der Waals surface area (Å²) in [4.78, 5) is 23.8. The summed E-state index contributed by atoms with van der Waals surface area (Å²) in [5, 5.41) is 13.6. The lowest BCUT2D eigenvalue weighted by Gasteiger charge is -2.34. The summed E-state index contributed by atoms with van der Waals surface area (Å²) in [7, 11) is 0. The lowest BCUT2D eigenvalue weighted by Crippen LogP contribution is -2.38. The molecule has 110 valence electrons. The Balaban J connectivity index is 1.80. The Bertz CT molecular complexity index is 454. The number of carbonyl (C=O) groups excluding carboxylic acids is 1. The van der Waals surface area contributed by atoms with Gasteiger partial charge in [-0.2, -0.15) is 0 Å². The van der Waals surface area contributed by atoms with Crippen molar-refractivity contribution in [2.45, 2.75) is 38.3 Å². The molecule has 1 fully saturated rings. The monoisotopic (exact) mass is 297 g/mol. The number of carboxylic acid groups (broad SMARTS) is 1. The average molecular weight is 297 g/mol. The van der Waals surface area contributed by atoms with Crippen molar-refractivity contribution in [2.24, 2.45) is 5.92 Å². The van der Waals surface area contributed by atoms with Gasteiger partial charge in [0.15, 0.2) is 6.04 Å². The quantitative estimate of drug-likeness (QED) is 0.809. The number of nitrogens with one attached hydrogen (secondary N) is 1. The smallest absolute Gasteiger partial charge is 0.331 e. The molecule has 0 bridgehead atoms. The predicted octanol–water partition coefficient (Wildman–Crippen LogP) is 2.20. The van der Waals surface area contributed by atoms with E-state index in [4.69, 9.17) is 4.74 Å². The Kier molecular flexibility index (Phi) is 5.14. The van der Waals surface area contributed by atoms with Crippen LogP contribution < -0.4 is 5.32 Å². The number of carbonyl (C=O) groups is 2. The van der Waals surface area contributed by atoms with Gasteiger partial charge in [-0.05, 0) is 37.1 Å². The number of amides is 1. The molecule has 0 radical (unpaired) electrons. The summed E-state index contributed by atoms with van der Waals surface area (Å²) >= 11 is 1.33. The van der Waals surface area contributed by atoms with Gasteiger partial charge in [-0.25, -0.2) is 4.79 Å². The van der Waals surface area contributed by atoms with Crippen LogP contribution in [0, 0.1) is 5.92 Å².